The molecule has 0 heterocycles. The molecule has 0 fully saturated rings. The van der Waals surface area contributed by atoms with Crippen LogP contribution in [0.15, 0.2) is 192 Å². The molecule has 0 saturated heterocycles. The van der Waals surface area contributed by atoms with E-state index in [1.165, 1.54) is 97.1 Å². The van der Waals surface area contributed by atoms with Gasteiger partial charge in [-0.05, 0) is 120 Å². The Balaban J connectivity index is 0.770. The minimum Gasteiger partial charge on any atom is -0.457 e. The van der Waals surface area contributed by atoms with Crippen LogP contribution in [-0.2, 0) is 20.0 Å². The molecule has 0 bridgehead atoms. The fraction of sp³-hybridized carbons (Fsp3) is 0. The van der Waals surface area contributed by atoms with Crippen molar-refractivity contribution in [3.63, 3.8) is 0 Å². The first-order chi connectivity index (χ1) is 32.3. The molecule has 8 N–H and O–H groups in total. The van der Waals surface area contributed by atoms with E-state index in [-0.39, 0.29) is 21.2 Å². The Labute approximate surface area is 383 Å². The number of sulfonamides is 2. The zero-order valence-corrected chi connectivity index (χ0v) is 36.4. The van der Waals surface area contributed by atoms with E-state index in [0.717, 1.165) is 21.5 Å². The Morgan fingerprint density at radius 2 is 0.642 bits per heavy atom. The van der Waals surface area contributed by atoms with Gasteiger partial charge in [-0.2, -0.15) is 0 Å². The van der Waals surface area contributed by atoms with Gasteiger partial charge < -0.3 is 36.6 Å². The third-order valence-electron chi connectivity index (χ3n) is 9.83. The number of anilines is 6. The number of carbonyl (C=O) groups excluding carboxylic acids is 4. The zero-order chi connectivity index (χ0) is 47.0. The number of carbonyl (C=O) groups is 4. The SMILES string of the molecule is O=C(Nc1ccc(S(=O)(=O)NC(=O)Nc2ccc(Oc3ccc(NC(=O)NS(=O)(=O)c4ccc(NC(=O)Nc5cccc6ccccc56)cc4)cc3)cc2)cc1)Nc1cccc2ccccc12. The predicted octanol–water partition coefficient (Wildman–Crippen LogP) is 10.1. The molecule has 8 aromatic carbocycles. The molecule has 0 aliphatic heterocycles. The van der Waals surface area contributed by atoms with Gasteiger partial charge in [0.15, 0.2) is 0 Å². The van der Waals surface area contributed by atoms with E-state index in [1.54, 1.807) is 12.1 Å². The van der Waals surface area contributed by atoms with Crippen molar-refractivity contribution in [3.05, 3.63) is 182 Å². The number of rotatable bonds is 12. The van der Waals surface area contributed by atoms with Gasteiger partial charge >= 0.3 is 24.1 Å². The highest BCUT2D eigenvalue weighted by Crippen LogP contribution is 2.27. The number of hydrogen-bond donors (Lipinski definition) is 8. The van der Waals surface area contributed by atoms with Gasteiger partial charge in [0.2, 0.25) is 0 Å². The fourth-order valence-corrected chi connectivity index (χ4v) is 8.51. The first kappa shape index (κ1) is 44.7. The normalized spacial score (nSPS) is 11.2. The molecule has 0 aromatic heterocycles. The topological polar surface area (TPSA) is 242 Å². The molecule has 8 amide bonds. The second-order valence-corrected chi connectivity index (χ2v) is 17.9. The maximum absolute atomic E-state index is 12.9. The van der Waals surface area contributed by atoms with Gasteiger partial charge in [0.25, 0.3) is 20.0 Å². The Morgan fingerprint density at radius 1 is 0.328 bits per heavy atom. The monoisotopic (exact) mass is 934 g/mol. The van der Waals surface area contributed by atoms with E-state index in [9.17, 15) is 36.0 Å². The molecule has 8 aromatic rings. The molecule has 0 unspecified atom stereocenters. The highest BCUT2D eigenvalue weighted by molar-refractivity contribution is 7.90. The standard InChI is InChI=1S/C48H38N8O9S2/c57-45(53-43-13-5-9-31-7-1-3-11-41(31)43)49-35-19-27-39(28-20-35)66(61,62)55-47(59)51-33-15-23-37(24-16-33)65-38-25-17-34(18-26-38)52-48(60)56-67(63,64)40-29-21-36(22-30-40)50-46(58)54-44-14-6-10-32-8-2-4-12-42(32)44/h1-30H,(H2,49,53,57)(H2,50,54,58)(H2,51,55,59)(H2,52,56,60). The smallest absolute Gasteiger partial charge is 0.333 e. The first-order valence-corrected chi connectivity index (χ1v) is 23.1. The summed E-state index contributed by atoms with van der Waals surface area (Å²) in [7, 11) is -8.57. The van der Waals surface area contributed by atoms with Crippen molar-refractivity contribution < 1.29 is 40.8 Å². The van der Waals surface area contributed by atoms with Crippen molar-refractivity contribution in [2.75, 3.05) is 31.9 Å². The molecular formula is C48H38N8O9S2. The van der Waals surface area contributed by atoms with E-state index in [2.05, 4.69) is 31.9 Å². The van der Waals surface area contributed by atoms with E-state index in [0.29, 0.717) is 34.2 Å². The zero-order valence-electron chi connectivity index (χ0n) is 34.8. The summed E-state index contributed by atoms with van der Waals surface area (Å²) in [5.41, 5.74) is 2.37. The quantitative estimate of drug-likeness (QED) is 0.0580. The van der Waals surface area contributed by atoms with Gasteiger partial charge in [-0.1, -0.05) is 72.8 Å². The molecule has 8 rings (SSSR count). The maximum Gasteiger partial charge on any atom is 0.333 e. The molecule has 0 aliphatic carbocycles. The van der Waals surface area contributed by atoms with E-state index in [4.69, 9.17) is 4.74 Å². The van der Waals surface area contributed by atoms with Crippen LogP contribution in [0.3, 0.4) is 0 Å². The molecule has 336 valence electrons. The van der Waals surface area contributed by atoms with Gasteiger partial charge in [-0.25, -0.2) is 45.5 Å². The summed E-state index contributed by atoms with van der Waals surface area (Å²) < 4.78 is 61.5. The molecule has 0 radical (unpaired) electrons. The van der Waals surface area contributed by atoms with Crippen LogP contribution < -0.4 is 46.1 Å². The Kier molecular flexibility index (Phi) is 13.0. The van der Waals surface area contributed by atoms with Crippen LogP contribution in [0.25, 0.3) is 21.5 Å². The highest BCUT2D eigenvalue weighted by atomic mass is 32.2. The lowest BCUT2D eigenvalue weighted by atomic mass is 10.1. The number of fused-ring (bicyclic) bond motifs is 2. The molecule has 0 spiro atoms. The van der Waals surface area contributed by atoms with Crippen LogP contribution in [0.4, 0.5) is 53.3 Å². The Hall–Kier alpha value is -8.94. The number of nitrogens with one attached hydrogen (secondary N) is 8. The highest BCUT2D eigenvalue weighted by Gasteiger charge is 2.20. The van der Waals surface area contributed by atoms with Gasteiger partial charge in [0.05, 0.1) is 21.2 Å². The van der Waals surface area contributed by atoms with Crippen LogP contribution in [0.5, 0.6) is 11.5 Å². The van der Waals surface area contributed by atoms with E-state index < -0.39 is 44.2 Å². The Morgan fingerprint density at radius 3 is 1.01 bits per heavy atom. The second-order valence-electron chi connectivity index (χ2n) is 14.5. The van der Waals surface area contributed by atoms with Crippen LogP contribution >= 0.6 is 0 Å². The number of ether oxygens (including phenoxy) is 1. The second kappa shape index (κ2) is 19.4. The molecule has 0 saturated carbocycles. The lowest BCUT2D eigenvalue weighted by Crippen LogP contribution is -2.34. The number of urea groups is 4. The van der Waals surface area contributed by atoms with Gasteiger partial charge in [-0.3, -0.25) is 0 Å². The fourth-order valence-electron chi connectivity index (χ4n) is 6.70. The minimum absolute atomic E-state index is 0.212. The van der Waals surface area contributed by atoms with Crippen molar-refractivity contribution >= 4 is 99.8 Å². The van der Waals surface area contributed by atoms with E-state index >= 15 is 0 Å². The maximum atomic E-state index is 12.9. The van der Waals surface area contributed by atoms with Gasteiger partial charge in [0.1, 0.15) is 11.5 Å². The Bertz CT molecular complexity index is 3140. The third-order valence-corrected chi connectivity index (χ3v) is 12.5. The summed E-state index contributed by atoms with van der Waals surface area (Å²) in [5.74, 6) is 0.712. The number of benzene rings is 8. The summed E-state index contributed by atoms with van der Waals surface area (Å²) in [6.07, 6.45) is 0. The number of hydrogen-bond acceptors (Lipinski definition) is 9. The van der Waals surface area contributed by atoms with Crippen LogP contribution in [0.2, 0.25) is 0 Å². The summed E-state index contributed by atoms with van der Waals surface area (Å²) in [5, 5.41) is 19.4. The largest absolute Gasteiger partial charge is 0.457 e. The average Bonchev–Trinajstić information content (AvgIpc) is 3.30. The summed E-state index contributed by atoms with van der Waals surface area (Å²) >= 11 is 0. The summed E-state index contributed by atoms with van der Waals surface area (Å²) in [6.45, 7) is 0. The first-order valence-electron chi connectivity index (χ1n) is 20.1. The molecule has 17 nitrogen and oxygen atoms in total. The lowest BCUT2D eigenvalue weighted by molar-refractivity contribution is 0.255. The lowest BCUT2D eigenvalue weighted by Gasteiger charge is -2.12. The third kappa shape index (κ3) is 11.4. The van der Waals surface area contributed by atoms with Crippen molar-refractivity contribution in [2.24, 2.45) is 0 Å². The molecule has 67 heavy (non-hydrogen) atoms. The molecule has 0 atom stereocenters. The molecular weight excluding hydrogens is 897 g/mol. The summed E-state index contributed by atoms with van der Waals surface area (Å²) in [4.78, 5) is 50.2. The average molecular weight is 935 g/mol. The minimum atomic E-state index is -4.29. The van der Waals surface area contributed by atoms with Crippen LogP contribution in [-0.4, -0.2) is 41.0 Å². The molecule has 0 aliphatic rings. The van der Waals surface area contributed by atoms with E-state index in [1.807, 2.05) is 82.2 Å². The van der Waals surface area contributed by atoms with Crippen LogP contribution in [0, 0.1) is 0 Å². The van der Waals surface area contributed by atoms with Crippen molar-refractivity contribution in [3.8, 4) is 11.5 Å². The predicted molar refractivity (Wildman–Crippen MR) is 258 cm³/mol. The molecule has 19 heteroatoms. The summed E-state index contributed by atoms with van der Waals surface area (Å²) in [6, 6.07) is 45.7. The van der Waals surface area contributed by atoms with Crippen molar-refractivity contribution in [1.29, 1.82) is 0 Å². The van der Waals surface area contributed by atoms with Gasteiger partial charge in [0, 0.05) is 33.5 Å². The van der Waals surface area contributed by atoms with Crippen molar-refractivity contribution in [1.82, 2.24) is 9.44 Å². The number of amides is 8. The van der Waals surface area contributed by atoms with Gasteiger partial charge in [-0.15, -0.1) is 0 Å². The van der Waals surface area contributed by atoms with Crippen molar-refractivity contribution in [2.45, 2.75) is 9.79 Å². The van der Waals surface area contributed by atoms with Crippen LogP contribution in [0.1, 0.15) is 0 Å².